The standard InChI is InChI=1S/C12H19N3OS/c1-3-5-13-11-9-10(4-6-14-11)12(16)15-7-8-17-2/h4,6,9H,3,5,7-8H2,1-2H3,(H,13,14)(H,15,16). The summed E-state index contributed by atoms with van der Waals surface area (Å²) in [6.45, 7) is 3.65. The van der Waals surface area contributed by atoms with E-state index >= 15 is 0 Å². The highest BCUT2D eigenvalue weighted by Crippen LogP contribution is 2.06. The van der Waals surface area contributed by atoms with E-state index in [2.05, 4.69) is 22.5 Å². The molecule has 5 heteroatoms. The molecule has 2 N–H and O–H groups in total. The fourth-order valence-electron chi connectivity index (χ4n) is 1.29. The van der Waals surface area contributed by atoms with E-state index in [4.69, 9.17) is 0 Å². The number of nitrogens with zero attached hydrogens (tertiary/aromatic N) is 1. The topological polar surface area (TPSA) is 54.0 Å². The second-order valence-corrected chi connectivity index (χ2v) is 4.59. The average molecular weight is 253 g/mol. The number of rotatable bonds is 7. The van der Waals surface area contributed by atoms with Crippen LogP contribution in [0.1, 0.15) is 23.7 Å². The molecule has 0 aromatic carbocycles. The summed E-state index contributed by atoms with van der Waals surface area (Å²) in [5, 5.41) is 6.03. The second-order valence-electron chi connectivity index (χ2n) is 3.61. The zero-order valence-corrected chi connectivity index (χ0v) is 11.1. The highest BCUT2D eigenvalue weighted by molar-refractivity contribution is 7.98. The maximum Gasteiger partial charge on any atom is 0.251 e. The summed E-state index contributed by atoms with van der Waals surface area (Å²) in [7, 11) is 0. The van der Waals surface area contributed by atoms with E-state index in [-0.39, 0.29) is 5.91 Å². The Morgan fingerprint density at radius 2 is 2.29 bits per heavy atom. The van der Waals surface area contributed by atoms with Crippen LogP contribution in [0.5, 0.6) is 0 Å². The van der Waals surface area contributed by atoms with E-state index in [9.17, 15) is 4.79 Å². The lowest BCUT2D eigenvalue weighted by molar-refractivity contribution is 0.0956. The normalized spacial score (nSPS) is 10.0. The average Bonchev–Trinajstić information content (AvgIpc) is 2.37. The minimum Gasteiger partial charge on any atom is -0.370 e. The summed E-state index contributed by atoms with van der Waals surface area (Å²) in [5.74, 6) is 1.64. The number of carbonyl (C=O) groups excluding carboxylic acids is 1. The monoisotopic (exact) mass is 253 g/mol. The van der Waals surface area contributed by atoms with Gasteiger partial charge in [0.05, 0.1) is 0 Å². The number of hydrogen-bond donors (Lipinski definition) is 2. The highest BCUT2D eigenvalue weighted by Gasteiger charge is 2.05. The third-order valence-corrected chi connectivity index (χ3v) is 2.78. The van der Waals surface area contributed by atoms with Crippen molar-refractivity contribution in [3.63, 3.8) is 0 Å². The van der Waals surface area contributed by atoms with Crippen LogP contribution in [-0.2, 0) is 0 Å². The largest absolute Gasteiger partial charge is 0.370 e. The Kier molecular flexibility index (Phi) is 6.47. The van der Waals surface area contributed by atoms with Crippen LogP contribution in [0.15, 0.2) is 18.3 Å². The van der Waals surface area contributed by atoms with Crippen LogP contribution in [0, 0.1) is 0 Å². The molecule has 0 radical (unpaired) electrons. The van der Waals surface area contributed by atoms with Gasteiger partial charge in [0.15, 0.2) is 0 Å². The molecule has 0 fully saturated rings. The van der Waals surface area contributed by atoms with Crippen molar-refractivity contribution in [3.8, 4) is 0 Å². The van der Waals surface area contributed by atoms with Gasteiger partial charge in [-0.15, -0.1) is 0 Å². The fraction of sp³-hybridized carbons (Fsp3) is 0.500. The molecule has 94 valence electrons. The van der Waals surface area contributed by atoms with E-state index in [0.29, 0.717) is 12.1 Å². The Bertz CT molecular complexity index is 357. The Balaban J connectivity index is 2.54. The van der Waals surface area contributed by atoms with Gasteiger partial charge in [-0.3, -0.25) is 4.79 Å². The van der Waals surface area contributed by atoms with Crippen molar-refractivity contribution >= 4 is 23.5 Å². The molecule has 0 aliphatic rings. The van der Waals surface area contributed by atoms with Crippen molar-refractivity contribution < 1.29 is 4.79 Å². The first-order valence-corrected chi connectivity index (χ1v) is 7.14. The van der Waals surface area contributed by atoms with E-state index in [1.807, 2.05) is 6.26 Å². The van der Waals surface area contributed by atoms with Gasteiger partial charge in [-0.2, -0.15) is 11.8 Å². The molecule has 0 spiro atoms. The molecule has 1 aromatic rings. The number of carbonyl (C=O) groups is 1. The summed E-state index contributed by atoms with van der Waals surface area (Å²) in [4.78, 5) is 15.9. The molecule has 1 aromatic heterocycles. The summed E-state index contributed by atoms with van der Waals surface area (Å²) in [6, 6.07) is 3.51. The van der Waals surface area contributed by atoms with Crippen molar-refractivity contribution in [1.82, 2.24) is 10.3 Å². The first-order valence-electron chi connectivity index (χ1n) is 5.75. The number of hydrogen-bond acceptors (Lipinski definition) is 4. The molecule has 1 heterocycles. The Labute approximate surface area is 107 Å². The summed E-state index contributed by atoms with van der Waals surface area (Å²) >= 11 is 1.71. The third-order valence-electron chi connectivity index (χ3n) is 2.17. The van der Waals surface area contributed by atoms with Gasteiger partial charge in [-0.25, -0.2) is 4.98 Å². The van der Waals surface area contributed by atoms with Gasteiger partial charge >= 0.3 is 0 Å². The van der Waals surface area contributed by atoms with Gasteiger partial charge in [-0.1, -0.05) is 6.92 Å². The lowest BCUT2D eigenvalue weighted by Gasteiger charge is -2.07. The molecule has 0 unspecified atom stereocenters. The predicted molar refractivity (Wildman–Crippen MR) is 73.7 cm³/mol. The van der Waals surface area contributed by atoms with Crippen LogP contribution in [0.25, 0.3) is 0 Å². The third kappa shape index (κ3) is 5.08. The smallest absolute Gasteiger partial charge is 0.251 e. The first kappa shape index (κ1) is 13.8. The zero-order valence-electron chi connectivity index (χ0n) is 10.3. The number of amides is 1. The zero-order chi connectivity index (χ0) is 12.5. The SMILES string of the molecule is CCCNc1cc(C(=O)NCCSC)ccn1. The van der Waals surface area contributed by atoms with Crippen LogP contribution in [0.4, 0.5) is 5.82 Å². The first-order chi connectivity index (χ1) is 8.27. The number of anilines is 1. The van der Waals surface area contributed by atoms with Crippen molar-refractivity contribution in [2.45, 2.75) is 13.3 Å². The minimum atomic E-state index is -0.0407. The van der Waals surface area contributed by atoms with Gasteiger partial charge in [-0.05, 0) is 24.8 Å². The summed E-state index contributed by atoms with van der Waals surface area (Å²) in [5.41, 5.74) is 0.653. The molecule has 17 heavy (non-hydrogen) atoms. The molecular formula is C12H19N3OS. The van der Waals surface area contributed by atoms with E-state index in [1.54, 1.807) is 30.1 Å². The van der Waals surface area contributed by atoms with E-state index in [0.717, 1.165) is 24.5 Å². The Hall–Kier alpha value is -1.23. The van der Waals surface area contributed by atoms with Gasteiger partial charge in [0.25, 0.3) is 5.91 Å². The quantitative estimate of drug-likeness (QED) is 0.730. The molecule has 0 atom stereocenters. The molecule has 1 rings (SSSR count). The number of pyridine rings is 1. The molecular weight excluding hydrogens is 234 g/mol. The Morgan fingerprint density at radius 3 is 3.00 bits per heavy atom. The van der Waals surface area contributed by atoms with E-state index < -0.39 is 0 Å². The summed E-state index contributed by atoms with van der Waals surface area (Å²) in [6.07, 6.45) is 4.71. The second kappa shape index (κ2) is 7.95. The van der Waals surface area contributed by atoms with Crippen LogP contribution >= 0.6 is 11.8 Å². The molecule has 4 nitrogen and oxygen atoms in total. The fourth-order valence-corrected chi connectivity index (χ4v) is 1.60. The molecule has 0 bridgehead atoms. The minimum absolute atomic E-state index is 0.0407. The van der Waals surface area contributed by atoms with Crippen LogP contribution < -0.4 is 10.6 Å². The lowest BCUT2D eigenvalue weighted by atomic mass is 10.2. The van der Waals surface area contributed by atoms with Gasteiger partial charge in [0.1, 0.15) is 5.82 Å². The Morgan fingerprint density at radius 1 is 1.47 bits per heavy atom. The predicted octanol–water partition coefficient (Wildman–Crippen LogP) is 2.00. The molecule has 0 aliphatic carbocycles. The van der Waals surface area contributed by atoms with Crippen LogP contribution in [0.2, 0.25) is 0 Å². The number of aromatic nitrogens is 1. The van der Waals surface area contributed by atoms with Crippen molar-refractivity contribution in [3.05, 3.63) is 23.9 Å². The van der Waals surface area contributed by atoms with E-state index in [1.165, 1.54) is 0 Å². The van der Waals surface area contributed by atoms with Crippen molar-refractivity contribution in [2.24, 2.45) is 0 Å². The number of nitrogens with one attached hydrogen (secondary N) is 2. The number of thioether (sulfide) groups is 1. The summed E-state index contributed by atoms with van der Waals surface area (Å²) < 4.78 is 0. The molecule has 0 aliphatic heterocycles. The highest BCUT2D eigenvalue weighted by atomic mass is 32.2. The maximum atomic E-state index is 11.8. The molecule has 0 saturated heterocycles. The van der Waals surface area contributed by atoms with Gasteiger partial charge < -0.3 is 10.6 Å². The molecule has 1 amide bonds. The maximum absolute atomic E-state index is 11.8. The van der Waals surface area contributed by atoms with Gasteiger partial charge in [0, 0.05) is 30.6 Å². The van der Waals surface area contributed by atoms with Crippen molar-refractivity contribution in [2.75, 3.05) is 30.4 Å². The van der Waals surface area contributed by atoms with Crippen LogP contribution in [0.3, 0.4) is 0 Å². The lowest BCUT2D eigenvalue weighted by Crippen LogP contribution is -2.25. The van der Waals surface area contributed by atoms with Gasteiger partial charge in [0.2, 0.25) is 0 Å². The van der Waals surface area contributed by atoms with Crippen LogP contribution in [-0.4, -0.2) is 36.0 Å². The molecule has 0 saturated carbocycles. The van der Waals surface area contributed by atoms with Crippen molar-refractivity contribution in [1.29, 1.82) is 0 Å².